The van der Waals surface area contributed by atoms with Crippen molar-refractivity contribution in [2.45, 2.75) is 13.0 Å². The van der Waals surface area contributed by atoms with Gasteiger partial charge in [-0.15, -0.1) is 5.10 Å². The second-order valence-electron chi connectivity index (χ2n) is 5.06. The summed E-state index contributed by atoms with van der Waals surface area (Å²) in [5.74, 6) is -0.219. The van der Waals surface area contributed by atoms with Crippen molar-refractivity contribution in [3.8, 4) is 0 Å². The molecule has 0 aliphatic rings. The van der Waals surface area contributed by atoms with E-state index in [-0.39, 0.29) is 11.9 Å². The zero-order valence-corrected chi connectivity index (χ0v) is 14.1. The number of hydrogen-bond donors (Lipinski definition) is 1. The minimum absolute atomic E-state index is 0.219. The molecule has 1 amide bonds. The fourth-order valence-corrected chi connectivity index (χ4v) is 2.89. The van der Waals surface area contributed by atoms with Gasteiger partial charge in [0.05, 0.1) is 17.4 Å². The lowest BCUT2D eigenvalue weighted by Crippen LogP contribution is -2.29. The smallest absolute Gasteiger partial charge is 0.265 e. The van der Waals surface area contributed by atoms with Crippen molar-refractivity contribution in [1.29, 1.82) is 0 Å². The van der Waals surface area contributed by atoms with Crippen molar-refractivity contribution in [1.82, 2.24) is 24.7 Å². The Kier molecular flexibility index (Phi) is 4.40. The van der Waals surface area contributed by atoms with E-state index in [1.165, 1.54) is 0 Å². The van der Waals surface area contributed by atoms with Gasteiger partial charge in [-0.1, -0.05) is 28.2 Å². The molecular formula is C15H14ClN5OS. The highest BCUT2D eigenvalue weighted by atomic mass is 35.5. The molecule has 0 saturated heterocycles. The van der Waals surface area contributed by atoms with Crippen LogP contribution in [0.25, 0.3) is 0 Å². The largest absolute Gasteiger partial charge is 0.339 e. The van der Waals surface area contributed by atoms with Gasteiger partial charge in [-0.25, -0.2) is 0 Å². The van der Waals surface area contributed by atoms with Crippen LogP contribution in [0.4, 0.5) is 0 Å². The van der Waals surface area contributed by atoms with Crippen LogP contribution in [-0.4, -0.2) is 25.3 Å². The summed E-state index contributed by atoms with van der Waals surface area (Å²) in [5, 5.41) is 11.9. The van der Waals surface area contributed by atoms with Gasteiger partial charge < -0.3 is 5.32 Å². The van der Waals surface area contributed by atoms with Crippen LogP contribution in [0.5, 0.6) is 0 Å². The Balaban J connectivity index is 1.94. The molecule has 0 spiro atoms. The number of hydrogen-bond acceptors (Lipinski definition) is 5. The van der Waals surface area contributed by atoms with E-state index in [0.717, 1.165) is 22.8 Å². The Hall–Kier alpha value is -2.25. The lowest BCUT2D eigenvalue weighted by molar-refractivity contribution is 0.0945. The topological polar surface area (TPSA) is 72.7 Å². The normalized spacial score (nSPS) is 12.1. The molecule has 6 nitrogen and oxygen atoms in total. The summed E-state index contributed by atoms with van der Waals surface area (Å²) < 4.78 is 5.50. The molecule has 0 aliphatic heterocycles. The Morgan fingerprint density at radius 2 is 2.04 bits per heavy atom. The molecule has 1 aromatic carbocycles. The summed E-state index contributed by atoms with van der Waals surface area (Å²) >= 11 is 7.03. The van der Waals surface area contributed by atoms with Crippen molar-refractivity contribution in [3.05, 3.63) is 63.4 Å². The van der Waals surface area contributed by atoms with Gasteiger partial charge in [-0.2, -0.15) is 5.10 Å². The van der Waals surface area contributed by atoms with Crippen LogP contribution in [0.15, 0.2) is 36.5 Å². The minimum Gasteiger partial charge on any atom is -0.339 e. The maximum absolute atomic E-state index is 12.5. The van der Waals surface area contributed by atoms with E-state index >= 15 is 0 Å². The molecule has 0 fully saturated rings. The Morgan fingerprint density at radius 3 is 2.61 bits per heavy atom. The van der Waals surface area contributed by atoms with Crippen molar-refractivity contribution in [2.75, 3.05) is 0 Å². The van der Waals surface area contributed by atoms with E-state index < -0.39 is 0 Å². The molecule has 1 N–H and O–H groups in total. The molecule has 8 heteroatoms. The summed E-state index contributed by atoms with van der Waals surface area (Å²) in [5.41, 5.74) is 2.26. The van der Waals surface area contributed by atoms with Crippen LogP contribution < -0.4 is 5.32 Å². The molecule has 23 heavy (non-hydrogen) atoms. The van der Waals surface area contributed by atoms with Crippen LogP contribution in [0.1, 0.15) is 32.7 Å². The molecular weight excluding hydrogens is 334 g/mol. The van der Waals surface area contributed by atoms with Crippen LogP contribution >= 0.6 is 23.1 Å². The van der Waals surface area contributed by atoms with Gasteiger partial charge in [0, 0.05) is 18.3 Å². The number of rotatable bonds is 4. The molecule has 0 aliphatic carbocycles. The maximum atomic E-state index is 12.5. The predicted molar refractivity (Wildman–Crippen MR) is 88.6 cm³/mol. The van der Waals surface area contributed by atoms with Crippen LogP contribution in [0.3, 0.4) is 0 Å². The molecule has 0 bridgehead atoms. The van der Waals surface area contributed by atoms with Crippen LogP contribution in [0.2, 0.25) is 5.02 Å². The van der Waals surface area contributed by atoms with Gasteiger partial charge in [0.2, 0.25) is 0 Å². The van der Waals surface area contributed by atoms with E-state index in [9.17, 15) is 4.79 Å². The number of carbonyl (C=O) groups is 1. The molecule has 0 radical (unpaired) electrons. The first kappa shape index (κ1) is 15.6. The second kappa shape index (κ2) is 6.47. The van der Waals surface area contributed by atoms with Crippen molar-refractivity contribution < 1.29 is 4.79 Å². The summed E-state index contributed by atoms with van der Waals surface area (Å²) in [6, 6.07) is 8.83. The molecule has 0 saturated carbocycles. The number of aryl methyl sites for hydroxylation is 2. The van der Waals surface area contributed by atoms with Gasteiger partial charge in [-0.3, -0.25) is 9.48 Å². The van der Waals surface area contributed by atoms with Crippen molar-refractivity contribution in [2.24, 2.45) is 7.05 Å². The average molecular weight is 348 g/mol. The molecule has 3 aromatic rings. The number of nitrogens with one attached hydrogen (secondary N) is 1. The van der Waals surface area contributed by atoms with Crippen molar-refractivity contribution >= 4 is 29.0 Å². The zero-order chi connectivity index (χ0) is 16.4. The first-order valence-electron chi connectivity index (χ1n) is 6.89. The van der Waals surface area contributed by atoms with Gasteiger partial charge in [0.1, 0.15) is 4.88 Å². The highest BCUT2D eigenvalue weighted by molar-refractivity contribution is 7.08. The fourth-order valence-electron chi connectivity index (χ4n) is 2.21. The zero-order valence-electron chi connectivity index (χ0n) is 12.5. The third kappa shape index (κ3) is 3.40. The monoisotopic (exact) mass is 347 g/mol. The third-order valence-corrected chi connectivity index (χ3v) is 4.45. The molecule has 2 aromatic heterocycles. The van der Waals surface area contributed by atoms with E-state index in [1.807, 2.05) is 31.4 Å². The highest BCUT2D eigenvalue weighted by Crippen LogP contribution is 2.23. The lowest BCUT2D eigenvalue weighted by Gasteiger charge is -2.17. The van der Waals surface area contributed by atoms with Gasteiger partial charge >= 0.3 is 0 Å². The van der Waals surface area contributed by atoms with E-state index in [1.54, 1.807) is 23.7 Å². The highest BCUT2D eigenvalue weighted by Gasteiger charge is 2.22. The van der Waals surface area contributed by atoms with Crippen LogP contribution in [-0.2, 0) is 7.05 Å². The number of benzene rings is 1. The SMILES string of the molecule is Cc1nnsc1C(=O)N[C@H](c1ccc(Cl)cc1)c1ccn(C)n1. The summed E-state index contributed by atoms with van der Waals surface area (Å²) in [6.07, 6.45) is 1.84. The number of amides is 1. The van der Waals surface area contributed by atoms with Gasteiger partial charge in [-0.05, 0) is 42.2 Å². The number of nitrogens with zero attached hydrogens (tertiary/aromatic N) is 4. The Bertz CT molecular complexity index is 827. The van der Waals surface area contributed by atoms with Gasteiger partial charge in [0.15, 0.2) is 0 Å². The van der Waals surface area contributed by atoms with Crippen molar-refractivity contribution in [3.63, 3.8) is 0 Å². The van der Waals surface area contributed by atoms with E-state index in [0.29, 0.717) is 15.6 Å². The van der Waals surface area contributed by atoms with E-state index in [4.69, 9.17) is 11.6 Å². The first-order valence-corrected chi connectivity index (χ1v) is 8.04. The summed E-state index contributed by atoms with van der Waals surface area (Å²) in [4.78, 5) is 13.0. The molecule has 3 rings (SSSR count). The summed E-state index contributed by atoms with van der Waals surface area (Å²) in [6.45, 7) is 1.76. The minimum atomic E-state index is -0.373. The summed E-state index contributed by atoms with van der Waals surface area (Å²) in [7, 11) is 1.83. The second-order valence-corrected chi connectivity index (χ2v) is 6.25. The Morgan fingerprint density at radius 1 is 1.30 bits per heavy atom. The van der Waals surface area contributed by atoms with E-state index in [2.05, 4.69) is 20.0 Å². The average Bonchev–Trinajstić information content (AvgIpc) is 3.14. The standard InChI is InChI=1S/C15H14ClN5OS/c1-9-14(23-20-18-9)15(22)17-13(12-7-8-21(2)19-12)10-3-5-11(16)6-4-10/h3-8,13H,1-2H3,(H,17,22)/t13-/m1/s1. The van der Waals surface area contributed by atoms with Crippen LogP contribution in [0, 0.1) is 6.92 Å². The maximum Gasteiger partial charge on any atom is 0.265 e. The molecule has 0 unspecified atom stereocenters. The molecule has 2 heterocycles. The number of halogens is 1. The number of aromatic nitrogens is 4. The quantitative estimate of drug-likeness (QED) is 0.787. The molecule has 118 valence electrons. The molecule has 1 atom stereocenters. The number of carbonyl (C=O) groups excluding carboxylic acids is 1. The predicted octanol–water partition coefficient (Wildman–Crippen LogP) is 2.75. The fraction of sp³-hybridized carbons (Fsp3) is 0.200. The third-order valence-electron chi connectivity index (χ3n) is 3.37. The van der Waals surface area contributed by atoms with Gasteiger partial charge in [0.25, 0.3) is 5.91 Å². The lowest BCUT2D eigenvalue weighted by atomic mass is 10.0. The Labute approximate surface area is 142 Å². The first-order chi connectivity index (χ1) is 11.0.